The van der Waals surface area contributed by atoms with E-state index >= 15 is 0 Å². The molecule has 0 aliphatic heterocycles. The molecule has 1 unspecified atom stereocenters. The molecule has 1 atom stereocenters. The van der Waals surface area contributed by atoms with E-state index in [0.717, 1.165) is 0 Å². The zero-order valence-corrected chi connectivity index (χ0v) is 9.19. The highest BCUT2D eigenvalue weighted by molar-refractivity contribution is 7.90. The number of nitrogens with one attached hydrogen (secondary N) is 1. The lowest BCUT2D eigenvalue weighted by atomic mass is 10.5. The van der Waals surface area contributed by atoms with Crippen molar-refractivity contribution in [2.75, 3.05) is 0 Å². The number of nitriles is 1. The van der Waals surface area contributed by atoms with Crippen molar-refractivity contribution in [2.24, 2.45) is 7.05 Å². The maximum atomic E-state index is 11.4. The Balaban J connectivity index is 2.67. The van der Waals surface area contributed by atoms with Crippen LogP contribution in [0, 0.1) is 11.3 Å². The van der Waals surface area contributed by atoms with Gasteiger partial charge >= 0.3 is 0 Å². The van der Waals surface area contributed by atoms with Crippen molar-refractivity contribution < 1.29 is 8.42 Å². The highest BCUT2D eigenvalue weighted by Crippen LogP contribution is 1.98. The normalized spacial score (nSPS) is 13.4. The van der Waals surface area contributed by atoms with Crippen LogP contribution >= 0.6 is 0 Å². The first kappa shape index (κ1) is 11.6. The van der Waals surface area contributed by atoms with Crippen molar-refractivity contribution in [3.63, 3.8) is 0 Å². The number of aryl methyl sites for hydroxylation is 1. The predicted molar refractivity (Wildman–Crippen MR) is 51.8 cm³/mol. The monoisotopic (exact) mass is 229 g/mol. The minimum Gasteiger partial charge on any atom is -0.320 e. The zero-order valence-electron chi connectivity index (χ0n) is 8.38. The predicted octanol–water partition coefficient (Wildman–Crippen LogP) is -0.853. The molecule has 0 radical (unpaired) electrons. The summed E-state index contributed by atoms with van der Waals surface area (Å²) in [6.07, 6.45) is 1.47. The van der Waals surface area contributed by atoms with Crippen molar-refractivity contribution in [1.82, 2.24) is 19.5 Å². The van der Waals surface area contributed by atoms with Gasteiger partial charge < -0.3 is 4.57 Å². The molecule has 15 heavy (non-hydrogen) atoms. The third-order valence-electron chi connectivity index (χ3n) is 1.88. The summed E-state index contributed by atoms with van der Waals surface area (Å²) in [6.45, 7) is 1.35. The van der Waals surface area contributed by atoms with Gasteiger partial charge in [-0.05, 0) is 6.92 Å². The summed E-state index contributed by atoms with van der Waals surface area (Å²) in [5.74, 6) is 0.490. The van der Waals surface area contributed by atoms with Gasteiger partial charge in [0.1, 0.15) is 12.2 Å². The molecule has 0 aliphatic rings. The number of hydrogen-bond donors (Lipinski definition) is 1. The Labute approximate surface area is 87.8 Å². The Hall–Kier alpha value is -1.46. The highest BCUT2D eigenvalue weighted by atomic mass is 32.2. The summed E-state index contributed by atoms with van der Waals surface area (Å²) in [7, 11) is -1.89. The van der Waals surface area contributed by atoms with Gasteiger partial charge in [0.05, 0.1) is 12.6 Å². The van der Waals surface area contributed by atoms with E-state index in [-0.39, 0.29) is 6.54 Å². The molecule has 1 N–H and O–H groups in total. The molecule has 0 fully saturated rings. The van der Waals surface area contributed by atoms with Crippen molar-refractivity contribution in [3.05, 3.63) is 12.2 Å². The quantitative estimate of drug-likeness (QED) is 0.724. The summed E-state index contributed by atoms with van der Waals surface area (Å²) >= 11 is 0. The summed E-state index contributed by atoms with van der Waals surface area (Å²) in [5.41, 5.74) is 0. The Kier molecular flexibility index (Phi) is 3.39. The SMILES string of the molecule is CC(C#N)S(=O)(=O)NCc1nncn1C. The molecule has 0 aromatic carbocycles. The van der Waals surface area contributed by atoms with Crippen LogP contribution < -0.4 is 4.72 Å². The number of sulfonamides is 1. The van der Waals surface area contributed by atoms with Gasteiger partial charge in [-0.1, -0.05) is 0 Å². The number of hydrogen-bond acceptors (Lipinski definition) is 5. The van der Waals surface area contributed by atoms with E-state index in [1.165, 1.54) is 13.3 Å². The van der Waals surface area contributed by atoms with Crippen LogP contribution in [0.5, 0.6) is 0 Å². The standard InChI is InChI=1S/C7H11N5O2S/c1-6(3-8)15(13,14)10-4-7-11-9-5-12(7)2/h5-6,10H,4H2,1-2H3. The molecule has 0 spiro atoms. The van der Waals surface area contributed by atoms with Crippen LogP contribution in [-0.2, 0) is 23.6 Å². The third kappa shape index (κ3) is 2.74. The van der Waals surface area contributed by atoms with Crippen LogP contribution in [0.2, 0.25) is 0 Å². The average molecular weight is 229 g/mol. The molecule has 1 heterocycles. The Morgan fingerprint density at radius 1 is 1.73 bits per heavy atom. The smallest absolute Gasteiger partial charge is 0.228 e. The lowest BCUT2D eigenvalue weighted by molar-refractivity contribution is 0.573. The lowest BCUT2D eigenvalue weighted by Gasteiger charge is -2.06. The largest absolute Gasteiger partial charge is 0.320 e. The van der Waals surface area contributed by atoms with Gasteiger partial charge in [0.25, 0.3) is 0 Å². The first-order valence-electron chi connectivity index (χ1n) is 4.18. The third-order valence-corrected chi connectivity index (χ3v) is 3.47. The van der Waals surface area contributed by atoms with Crippen molar-refractivity contribution >= 4 is 10.0 Å². The summed E-state index contributed by atoms with van der Waals surface area (Å²) in [4.78, 5) is 0. The molecule has 1 rings (SSSR count). The van der Waals surface area contributed by atoms with Gasteiger partial charge in [-0.3, -0.25) is 0 Å². The Morgan fingerprint density at radius 2 is 2.40 bits per heavy atom. The molecule has 1 aromatic heterocycles. The zero-order chi connectivity index (χ0) is 11.5. The van der Waals surface area contributed by atoms with Crippen molar-refractivity contribution in [2.45, 2.75) is 18.7 Å². The number of aromatic nitrogens is 3. The van der Waals surface area contributed by atoms with Crippen LogP contribution in [0.4, 0.5) is 0 Å². The molecule has 7 nitrogen and oxygen atoms in total. The van der Waals surface area contributed by atoms with E-state index in [1.54, 1.807) is 17.7 Å². The average Bonchev–Trinajstić information content (AvgIpc) is 2.60. The number of nitrogens with zero attached hydrogens (tertiary/aromatic N) is 4. The molecule has 0 aliphatic carbocycles. The van der Waals surface area contributed by atoms with Crippen LogP contribution in [0.1, 0.15) is 12.7 Å². The molecular weight excluding hydrogens is 218 g/mol. The van der Waals surface area contributed by atoms with Gasteiger partial charge in [0, 0.05) is 7.05 Å². The summed E-state index contributed by atoms with van der Waals surface area (Å²) in [6, 6.07) is 1.66. The van der Waals surface area contributed by atoms with Crippen LogP contribution in [0.3, 0.4) is 0 Å². The molecule has 0 saturated heterocycles. The van der Waals surface area contributed by atoms with Crippen molar-refractivity contribution in [3.8, 4) is 6.07 Å². The fourth-order valence-electron chi connectivity index (χ4n) is 0.827. The van der Waals surface area contributed by atoms with Crippen LogP contribution in [0.15, 0.2) is 6.33 Å². The van der Waals surface area contributed by atoms with Crippen LogP contribution in [-0.4, -0.2) is 28.4 Å². The van der Waals surface area contributed by atoms with E-state index in [0.29, 0.717) is 5.82 Å². The molecule has 1 aromatic rings. The van der Waals surface area contributed by atoms with E-state index in [9.17, 15) is 8.42 Å². The molecular formula is C7H11N5O2S. The highest BCUT2D eigenvalue weighted by Gasteiger charge is 2.20. The van der Waals surface area contributed by atoms with Crippen LogP contribution in [0.25, 0.3) is 0 Å². The van der Waals surface area contributed by atoms with E-state index in [2.05, 4.69) is 14.9 Å². The van der Waals surface area contributed by atoms with Gasteiger partial charge in [-0.25, -0.2) is 13.1 Å². The van der Waals surface area contributed by atoms with Gasteiger partial charge in [-0.2, -0.15) is 5.26 Å². The first-order chi connectivity index (χ1) is 6.97. The lowest BCUT2D eigenvalue weighted by Crippen LogP contribution is -2.32. The Morgan fingerprint density at radius 3 is 2.87 bits per heavy atom. The van der Waals surface area contributed by atoms with E-state index in [4.69, 9.17) is 5.26 Å². The van der Waals surface area contributed by atoms with Gasteiger partial charge in [0.2, 0.25) is 10.0 Å². The maximum Gasteiger partial charge on any atom is 0.228 e. The van der Waals surface area contributed by atoms with Gasteiger partial charge in [-0.15, -0.1) is 10.2 Å². The fourth-order valence-corrected chi connectivity index (χ4v) is 1.55. The van der Waals surface area contributed by atoms with E-state index in [1.807, 2.05) is 0 Å². The van der Waals surface area contributed by atoms with E-state index < -0.39 is 15.3 Å². The second kappa shape index (κ2) is 4.37. The topological polar surface area (TPSA) is 101 Å². The van der Waals surface area contributed by atoms with Crippen molar-refractivity contribution in [1.29, 1.82) is 5.26 Å². The first-order valence-corrected chi connectivity index (χ1v) is 5.73. The molecule has 0 bridgehead atoms. The second-order valence-electron chi connectivity index (χ2n) is 3.00. The minimum absolute atomic E-state index is 0.0326. The molecule has 82 valence electrons. The minimum atomic E-state index is -3.60. The summed E-state index contributed by atoms with van der Waals surface area (Å²) < 4.78 is 26.6. The summed E-state index contributed by atoms with van der Waals surface area (Å²) in [5, 5.41) is 14.7. The maximum absolute atomic E-state index is 11.4. The fraction of sp³-hybridized carbons (Fsp3) is 0.571. The number of rotatable bonds is 4. The Bertz CT molecular complexity index is 472. The molecule has 8 heteroatoms. The molecule has 0 amide bonds. The second-order valence-corrected chi connectivity index (χ2v) is 5.08. The van der Waals surface area contributed by atoms with Gasteiger partial charge in [0.15, 0.2) is 5.25 Å². The molecule has 0 saturated carbocycles.